The number of likely N-dealkylation sites (tertiary alicyclic amines) is 1. The van der Waals surface area contributed by atoms with Crippen LogP contribution in [0.4, 0.5) is 0 Å². The summed E-state index contributed by atoms with van der Waals surface area (Å²) in [6.45, 7) is 7.80. The highest BCUT2D eigenvalue weighted by atomic mass is 79.9. The monoisotopic (exact) mass is 330 g/mol. The van der Waals surface area contributed by atoms with E-state index in [1.54, 1.807) is 0 Å². The van der Waals surface area contributed by atoms with Crippen LogP contribution in [0.2, 0.25) is 0 Å². The minimum atomic E-state index is 0.390. The zero-order valence-corrected chi connectivity index (χ0v) is 13.7. The van der Waals surface area contributed by atoms with E-state index in [-0.39, 0.29) is 0 Å². The topological polar surface area (TPSA) is 29.3 Å². The fourth-order valence-corrected chi connectivity index (χ4v) is 4.48. The number of nitrogens with two attached hydrogens (primary N) is 1. The molecule has 1 unspecified atom stereocenters. The fraction of sp³-hybridized carbons (Fsp3) is 0.714. The van der Waals surface area contributed by atoms with Crippen LogP contribution in [0.25, 0.3) is 0 Å². The second-order valence-corrected chi connectivity index (χ2v) is 7.39. The molecule has 0 spiro atoms. The summed E-state index contributed by atoms with van der Waals surface area (Å²) >= 11 is 5.45. The Balaban J connectivity index is 2.06. The summed E-state index contributed by atoms with van der Waals surface area (Å²) < 4.78 is 1.21. The molecule has 0 amide bonds. The SMILES string of the molecule is CCC1(C)CCN(C(CN)c2sccc2Br)CC1. The standard InChI is InChI=1S/C14H23BrN2S/c1-3-14(2)5-7-17(8-6-14)12(10-16)13-11(15)4-9-18-13/h4,9,12H,3,5-8,10,16H2,1-2H3. The predicted molar refractivity (Wildman–Crippen MR) is 83.0 cm³/mol. The molecule has 1 aromatic rings. The Morgan fingerprint density at radius 1 is 1.50 bits per heavy atom. The third-order valence-electron chi connectivity index (χ3n) is 4.47. The summed E-state index contributed by atoms with van der Waals surface area (Å²) in [5.41, 5.74) is 6.55. The third kappa shape index (κ3) is 2.98. The second-order valence-electron chi connectivity index (χ2n) is 5.58. The van der Waals surface area contributed by atoms with E-state index < -0.39 is 0 Å². The number of rotatable bonds is 4. The highest BCUT2D eigenvalue weighted by Gasteiger charge is 2.32. The number of halogens is 1. The number of hydrogen-bond acceptors (Lipinski definition) is 3. The molecule has 0 saturated carbocycles. The van der Waals surface area contributed by atoms with E-state index in [1.165, 1.54) is 41.7 Å². The molecule has 0 bridgehead atoms. The van der Waals surface area contributed by atoms with E-state index >= 15 is 0 Å². The first-order valence-electron chi connectivity index (χ1n) is 6.76. The van der Waals surface area contributed by atoms with Gasteiger partial charge in [-0.3, -0.25) is 4.90 Å². The second kappa shape index (κ2) is 6.04. The molecule has 2 rings (SSSR count). The fourth-order valence-electron chi connectivity index (χ4n) is 2.69. The molecule has 1 aromatic heterocycles. The van der Waals surface area contributed by atoms with Gasteiger partial charge in [-0.25, -0.2) is 0 Å². The summed E-state index contributed by atoms with van der Waals surface area (Å²) in [4.78, 5) is 3.95. The number of piperidine rings is 1. The first-order chi connectivity index (χ1) is 8.59. The van der Waals surface area contributed by atoms with E-state index in [0.29, 0.717) is 18.0 Å². The van der Waals surface area contributed by atoms with Gasteiger partial charge in [0.2, 0.25) is 0 Å². The molecule has 2 heterocycles. The normalized spacial score (nSPS) is 22.0. The minimum absolute atomic E-state index is 0.390. The van der Waals surface area contributed by atoms with E-state index in [9.17, 15) is 0 Å². The van der Waals surface area contributed by atoms with Gasteiger partial charge in [0.15, 0.2) is 0 Å². The van der Waals surface area contributed by atoms with Gasteiger partial charge in [0.05, 0.1) is 6.04 Å². The van der Waals surface area contributed by atoms with Crippen molar-refractivity contribution in [2.75, 3.05) is 19.6 Å². The quantitative estimate of drug-likeness (QED) is 0.903. The summed E-state index contributed by atoms with van der Waals surface area (Å²) in [5, 5.41) is 2.14. The molecule has 4 heteroatoms. The van der Waals surface area contributed by atoms with Crippen LogP contribution in [0.15, 0.2) is 15.9 Å². The molecule has 0 aliphatic carbocycles. The van der Waals surface area contributed by atoms with Crippen molar-refractivity contribution < 1.29 is 0 Å². The Labute approximate surface area is 123 Å². The first kappa shape index (κ1) is 14.5. The van der Waals surface area contributed by atoms with Gasteiger partial charge in [0.25, 0.3) is 0 Å². The lowest BCUT2D eigenvalue weighted by Gasteiger charge is -2.42. The average molecular weight is 331 g/mol. The van der Waals surface area contributed by atoms with Crippen molar-refractivity contribution >= 4 is 27.3 Å². The Morgan fingerprint density at radius 3 is 2.61 bits per heavy atom. The molecule has 1 aliphatic rings. The Bertz CT molecular complexity index is 383. The van der Waals surface area contributed by atoms with Crippen LogP contribution in [-0.2, 0) is 0 Å². The third-order valence-corrected chi connectivity index (χ3v) is 6.44. The van der Waals surface area contributed by atoms with Crippen molar-refractivity contribution in [1.29, 1.82) is 0 Å². The molecule has 1 saturated heterocycles. The largest absolute Gasteiger partial charge is 0.329 e. The van der Waals surface area contributed by atoms with Crippen LogP contribution in [0.1, 0.15) is 44.0 Å². The van der Waals surface area contributed by atoms with Gasteiger partial charge < -0.3 is 5.73 Å². The van der Waals surface area contributed by atoms with Crippen LogP contribution in [0, 0.1) is 5.41 Å². The van der Waals surface area contributed by atoms with Crippen LogP contribution >= 0.6 is 27.3 Å². The Hall–Kier alpha value is 0.100. The maximum Gasteiger partial charge on any atom is 0.0575 e. The smallest absolute Gasteiger partial charge is 0.0575 e. The highest BCUT2D eigenvalue weighted by molar-refractivity contribution is 9.10. The maximum absolute atomic E-state index is 6.01. The molecule has 2 nitrogen and oxygen atoms in total. The summed E-state index contributed by atoms with van der Waals surface area (Å²) in [6, 6.07) is 2.52. The van der Waals surface area contributed by atoms with Crippen LogP contribution in [0.5, 0.6) is 0 Å². The number of thiophene rings is 1. The van der Waals surface area contributed by atoms with Crippen molar-refractivity contribution in [2.24, 2.45) is 11.1 Å². The van der Waals surface area contributed by atoms with Crippen molar-refractivity contribution in [2.45, 2.75) is 39.2 Å². The van der Waals surface area contributed by atoms with Crippen LogP contribution in [-0.4, -0.2) is 24.5 Å². The zero-order valence-electron chi connectivity index (χ0n) is 11.3. The van der Waals surface area contributed by atoms with E-state index in [0.717, 1.165) is 0 Å². The van der Waals surface area contributed by atoms with Crippen LogP contribution in [0.3, 0.4) is 0 Å². The van der Waals surface area contributed by atoms with Gasteiger partial charge in [0, 0.05) is 15.9 Å². The summed E-state index contributed by atoms with van der Waals surface area (Å²) in [6.07, 6.45) is 3.88. The molecule has 1 atom stereocenters. The molecule has 18 heavy (non-hydrogen) atoms. The maximum atomic E-state index is 6.01. The lowest BCUT2D eigenvalue weighted by atomic mass is 9.78. The summed E-state index contributed by atoms with van der Waals surface area (Å²) in [7, 11) is 0. The van der Waals surface area contributed by atoms with E-state index in [4.69, 9.17) is 5.73 Å². The molecule has 2 N–H and O–H groups in total. The molecular formula is C14H23BrN2S. The lowest BCUT2D eigenvalue weighted by Crippen LogP contribution is -2.42. The van der Waals surface area contributed by atoms with Crippen molar-refractivity contribution in [3.05, 3.63) is 20.8 Å². The summed E-state index contributed by atoms with van der Waals surface area (Å²) in [5.74, 6) is 0. The molecule has 1 aliphatic heterocycles. The van der Waals surface area contributed by atoms with Gasteiger partial charge in [-0.15, -0.1) is 11.3 Å². The molecule has 0 radical (unpaired) electrons. The molecule has 102 valence electrons. The van der Waals surface area contributed by atoms with Crippen molar-refractivity contribution in [1.82, 2.24) is 4.90 Å². The number of nitrogens with zero attached hydrogens (tertiary/aromatic N) is 1. The predicted octanol–water partition coefficient (Wildman–Crippen LogP) is 4.02. The first-order valence-corrected chi connectivity index (χ1v) is 8.44. The van der Waals surface area contributed by atoms with E-state index in [1.807, 2.05) is 11.3 Å². The number of hydrogen-bond donors (Lipinski definition) is 1. The van der Waals surface area contributed by atoms with Gasteiger partial charge in [-0.2, -0.15) is 0 Å². The van der Waals surface area contributed by atoms with Gasteiger partial charge in [-0.05, 0) is 58.7 Å². The minimum Gasteiger partial charge on any atom is -0.329 e. The van der Waals surface area contributed by atoms with Crippen molar-refractivity contribution in [3.63, 3.8) is 0 Å². The molecule has 1 fully saturated rings. The molecule has 0 aromatic carbocycles. The lowest BCUT2D eigenvalue weighted by molar-refractivity contribution is 0.0839. The van der Waals surface area contributed by atoms with Crippen LogP contribution < -0.4 is 5.73 Å². The van der Waals surface area contributed by atoms with Gasteiger partial charge in [0.1, 0.15) is 0 Å². The van der Waals surface area contributed by atoms with Gasteiger partial charge in [-0.1, -0.05) is 20.3 Å². The van der Waals surface area contributed by atoms with Crippen molar-refractivity contribution in [3.8, 4) is 0 Å². The average Bonchev–Trinajstić information content (AvgIpc) is 2.79. The van der Waals surface area contributed by atoms with E-state index in [2.05, 4.69) is 46.1 Å². The van der Waals surface area contributed by atoms with Gasteiger partial charge >= 0.3 is 0 Å². The Kier molecular flexibility index (Phi) is 4.86. The highest BCUT2D eigenvalue weighted by Crippen LogP contribution is 2.39. The Morgan fingerprint density at radius 2 is 2.17 bits per heavy atom. The zero-order chi connectivity index (χ0) is 13.2. The molecular weight excluding hydrogens is 308 g/mol.